The number of hydrogen-bond acceptors (Lipinski definition) is 6. The lowest BCUT2D eigenvalue weighted by molar-refractivity contribution is -0.385. The number of fused-ring (bicyclic) bond motifs is 1. The number of carbonyl (C=O) groups is 1. The molecule has 0 unspecified atom stereocenters. The van der Waals surface area contributed by atoms with Gasteiger partial charge in [-0.3, -0.25) is 14.9 Å². The SMILES string of the molecule is Cc1ccc(-c2ccc(/C=N\NC(=O)CNc3cccc4ccccc34)o2)cc1[N+](=O)[O-]. The quantitative estimate of drug-likeness (QED) is 0.248. The van der Waals surface area contributed by atoms with Crippen LogP contribution >= 0.6 is 0 Å². The Morgan fingerprint density at radius 3 is 2.75 bits per heavy atom. The van der Waals surface area contributed by atoms with Crippen molar-refractivity contribution in [3.05, 3.63) is 94.2 Å². The maximum Gasteiger partial charge on any atom is 0.273 e. The number of hydrazone groups is 1. The lowest BCUT2D eigenvalue weighted by atomic mass is 10.1. The van der Waals surface area contributed by atoms with E-state index in [2.05, 4.69) is 15.8 Å². The molecule has 3 aromatic carbocycles. The summed E-state index contributed by atoms with van der Waals surface area (Å²) in [6.45, 7) is 1.74. The van der Waals surface area contributed by atoms with Crippen LogP contribution in [-0.4, -0.2) is 23.6 Å². The summed E-state index contributed by atoms with van der Waals surface area (Å²) in [6, 6.07) is 22.0. The van der Waals surface area contributed by atoms with Gasteiger partial charge in [0.1, 0.15) is 11.5 Å². The summed E-state index contributed by atoms with van der Waals surface area (Å²) in [5.74, 6) is 0.569. The van der Waals surface area contributed by atoms with Crippen LogP contribution in [-0.2, 0) is 4.79 Å². The predicted octanol–water partition coefficient (Wildman–Crippen LogP) is 4.88. The van der Waals surface area contributed by atoms with E-state index in [1.807, 2.05) is 42.5 Å². The third-order valence-corrected chi connectivity index (χ3v) is 4.93. The van der Waals surface area contributed by atoms with Crippen molar-refractivity contribution in [2.24, 2.45) is 5.10 Å². The summed E-state index contributed by atoms with van der Waals surface area (Å²) in [5.41, 5.74) is 4.51. The lowest BCUT2D eigenvalue weighted by Crippen LogP contribution is -2.25. The van der Waals surface area contributed by atoms with Crippen LogP contribution in [0.3, 0.4) is 0 Å². The number of anilines is 1. The molecule has 0 aliphatic heterocycles. The van der Waals surface area contributed by atoms with Gasteiger partial charge in [0, 0.05) is 28.3 Å². The molecule has 0 aliphatic rings. The van der Waals surface area contributed by atoms with Crippen LogP contribution in [0.1, 0.15) is 11.3 Å². The summed E-state index contributed by atoms with van der Waals surface area (Å²) in [7, 11) is 0. The Hall–Kier alpha value is -4.46. The molecule has 8 heteroatoms. The van der Waals surface area contributed by atoms with Crippen molar-refractivity contribution in [1.82, 2.24) is 5.43 Å². The number of hydrogen-bond donors (Lipinski definition) is 2. The van der Waals surface area contributed by atoms with Crippen LogP contribution in [0, 0.1) is 17.0 Å². The number of rotatable bonds is 7. The molecule has 0 aliphatic carbocycles. The van der Waals surface area contributed by atoms with Crippen LogP contribution in [0.15, 0.2) is 82.3 Å². The smallest absolute Gasteiger partial charge is 0.273 e. The molecule has 0 fully saturated rings. The van der Waals surface area contributed by atoms with Gasteiger partial charge in [-0.05, 0) is 30.5 Å². The van der Waals surface area contributed by atoms with Gasteiger partial charge in [-0.2, -0.15) is 5.10 Å². The minimum absolute atomic E-state index is 0.0278. The molecule has 32 heavy (non-hydrogen) atoms. The molecule has 2 N–H and O–H groups in total. The first-order valence-corrected chi connectivity index (χ1v) is 9.90. The normalized spacial score (nSPS) is 11.0. The second-order valence-corrected chi connectivity index (χ2v) is 7.13. The fourth-order valence-electron chi connectivity index (χ4n) is 3.30. The molecule has 0 spiro atoms. The molecular formula is C24H20N4O4. The van der Waals surface area contributed by atoms with Gasteiger partial charge in [0.15, 0.2) is 0 Å². The van der Waals surface area contributed by atoms with Gasteiger partial charge in [0.2, 0.25) is 0 Å². The average Bonchev–Trinajstić information content (AvgIpc) is 3.26. The zero-order valence-electron chi connectivity index (χ0n) is 17.2. The van der Waals surface area contributed by atoms with Crippen molar-refractivity contribution < 1.29 is 14.1 Å². The van der Waals surface area contributed by atoms with E-state index in [9.17, 15) is 14.9 Å². The first kappa shape index (κ1) is 20.8. The van der Waals surface area contributed by atoms with E-state index in [4.69, 9.17) is 4.42 Å². The number of nitro groups is 1. The Kier molecular flexibility index (Phi) is 5.94. The van der Waals surface area contributed by atoms with Crippen LogP contribution in [0.25, 0.3) is 22.1 Å². The molecule has 1 heterocycles. The Morgan fingerprint density at radius 1 is 1.09 bits per heavy atom. The minimum Gasteiger partial charge on any atom is -0.455 e. The first-order chi connectivity index (χ1) is 15.5. The largest absolute Gasteiger partial charge is 0.455 e. The number of nitrogens with zero attached hydrogens (tertiary/aromatic N) is 2. The van der Waals surface area contributed by atoms with Gasteiger partial charge in [-0.15, -0.1) is 0 Å². The highest BCUT2D eigenvalue weighted by atomic mass is 16.6. The van der Waals surface area contributed by atoms with Gasteiger partial charge in [0.05, 0.1) is 17.7 Å². The standard InChI is InChI=1S/C24H20N4O4/c1-16-9-10-18(13-22(16)28(30)31)23-12-11-19(32-23)14-26-27-24(29)15-25-21-8-4-6-17-5-2-3-7-20(17)21/h2-14,25H,15H2,1H3,(H,27,29)/b26-14-. The number of aryl methyl sites for hydroxylation is 1. The van der Waals surface area contributed by atoms with E-state index in [-0.39, 0.29) is 18.1 Å². The minimum atomic E-state index is -0.425. The number of nitro benzene ring substituents is 1. The maximum absolute atomic E-state index is 12.1. The summed E-state index contributed by atoms with van der Waals surface area (Å²) < 4.78 is 5.66. The first-order valence-electron chi connectivity index (χ1n) is 9.90. The van der Waals surface area contributed by atoms with Crippen molar-refractivity contribution in [2.45, 2.75) is 6.92 Å². The van der Waals surface area contributed by atoms with Gasteiger partial charge in [-0.25, -0.2) is 5.43 Å². The van der Waals surface area contributed by atoms with E-state index in [1.54, 1.807) is 31.2 Å². The van der Waals surface area contributed by atoms with E-state index >= 15 is 0 Å². The molecule has 0 bridgehead atoms. The van der Waals surface area contributed by atoms with Crippen LogP contribution in [0.2, 0.25) is 0 Å². The molecule has 160 valence electrons. The summed E-state index contributed by atoms with van der Waals surface area (Å²) in [5, 5.41) is 20.3. The Labute approximate surface area is 183 Å². The van der Waals surface area contributed by atoms with E-state index in [0.717, 1.165) is 16.5 Å². The number of carbonyl (C=O) groups excluding carboxylic acids is 1. The molecule has 4 aromatic rings. The highest BCUT2D eigenvalue weighted by molar-refractivity contribution is 5.95. The summed E-state index contributed by atoms with van der Waals surface area (Å²) >= 11 is 0. The van der Waals surface area contributed by atoms with Gasteiger partial charge >= 0.3 is 0 Å². The maximum atomic E-state index is 12.1. The number of amides is 1. The van der Waals surface area contributed by atoms with Gasteiger partial charge in [-0.1, -0.05) is 48.5 Å². The predicted molar refractivity (Wildman–Crippen MR) is 124 cm³/mol. The molecule has 8 nitrogen and oxygen atoms in total. The highest BCUT2D eigenvalue weighted by Gasteiger charge is 2.13. The molecule has 1 amide bonds. The van der Waals surface area contributed by atoms with Crippen molar-refractivity contribution in [2.75, 3.05) is 11.9 Å². The second kappa shape index (κ2) is 9.13. The van der Waals surface area contributed by atoms with Gasteiger partial charge in [0.25, 0.3) is 11.6 Å². The van der Waals surface area contributed by atoms with Crippen LogP contribution in [0.5, 0.6) is 0 Å². The van der Waals surface area contributed by atoms with E-state index in [1.165, 1.54) is 12.3 Å². The van der Waals surface area contributed by atoms with Crippen molar-refractivity contribution in [3.8, 4) is 11.3 Å². The fourth-order valence-corrected chi connectivity index (χ4v) is 3.30. The zero-order chi connectivity index (χ0) is 22.5. The third kappa shape index (κ3) is 4.65. The fraction of sp³-hybridized carbons (Fsp3) is 0.0833. The molecular weight excluding hydrogens is 408 g/mol. The Bertz CT molecular complexity index is 1320. The second-order valence-electron chi connectivity index (χ2n) is 7.13. The average molecular weight is 428 g/mol. The molecule has 4 rings (SSSR count). The van der Waals surface area contributed by atoms with Gasteiger partial charge < -0.3 is 9.73 Å². The lowest BCUT2D eigenvalue weighted by Gasteiger charge is -2.08. The molecule has 0 atom stereocenters. The number of furan rings is 1. The topological polar surface area (TPSA) is 110 Å². The van der Waals surface area contributed by atoms with Crippen molar-refractivity contribution in [1.29, 1.82) is 0 Å². The molecule has 0 saturated carbocycles. The van der Waals surface area contributed by atoms with E-state index < -0.39 is 4.92 Å². The number of nitrogens with one attached hydrogen (secondary N) is 2. The third-order valence-electron chi connectivity index (χ3n) is 4.93. The molecule has 0 saturated heterocycles. The monoisotopic (exact) mass is 428 g/mol. The van der Waals surface area contributed by atoms with Crippen molar-refractivity contribution >= 4 is 34.3 Å². The van der Waals surface area contributed by atoms with Crippen LogP contribution < -0.4 is 10.7 Å². The molecule has 1 aromatic heterocycles. The molecule has 0 radical (unpaired) electrons. The van der Waals surface area contributed by atoms with E-state index in [0.29, 0.717) is 22.6 Å². The zero-order valence-corrected chi connectivity index (χ0v) is 17.2. The van der Waals surface area contributed by atoms with Crippen LogP contribution in [0.4, 0.5) is 11.4 Å². The summed E-state index contributed by atoms with van der Waals surface area (Å²) in [4.78, 5) is 22.8. The van der Waals surface area contributed by atoms with Crippen molar-refractivity contribution in [3.63, 3.8) is 0 Å². The highest BCUT2D eigenvalue weighted by Crippen LogP contribution is 2.28. The number of benzene rings is 3. The Balaban J connectivity index is 1.35. The summed E-state index contributed by atoms with van der Waals surface area (Å²) in [6.07, 6.45) is 1.38. The Morgan fingerprint density at radius 2 is 1.91 bits per heavy atom.